The lowest BCUT2D eigenvalue weighted by Crippen LogP contribution is -2.14. The highest BCUT2D eigenvalue weighted by Gasteiger charge is 1.93. The van der Waals surface area contributed by atoms with Crippen LogP contribution in [0.3, 0.4) is 0 Å². The van der Waals surface area contributed by atoms with Crippen molar-refractivity contribution < 1.29 is 0 Å². The first kappa shape index (κ1) is 9.18. The smallest absolute Gasteiger partial charge is 0.00506 e. The number of nitrogens with two attached hydrogens (primary N) is 1. The summed E-state index contributed by atoms with van der Waals surface area (Å²) in [5, 5.41) is 0. The summed E-state index contributed by atoms with van der Waals surface area (Å²) < 4.78 is 0. The zero-order valence-corrected chi connectivity index (χ0v) is 6.51. The van der Waals surface area contributed by atoms with Crippen LogP contribution in [0.1, 0.15) is 13.3 Å². The maximum absolute atomic E-state index is 5.54. The highest BCUT2D eigenvalue weighted by Crippen LogP contribution is 2.01. The topological polar surface area (TPSA) is 26.0 Å². The van der Waals surface area contributed by atoms with Crippen molar-refractivity contribution in [3.05, 3.63) is 37.0 Å². The number of allylic oxidation sites excluding steroid dienone is 3. The maximum Gasteiger partial charge on any atom is 0.00506 e. The minimum absolute atomic E-state index is 0.196. The Kier molecular flexibility index (Phi) is 4.59. The fourth-order valence-electron chi connectivity index (χ4n) is 0.686. The summed E-state index contributed by atoms with van der Waals surface area (Å²) in [5.74, 6) is 0. The van der Waals surface area contributed by atoms with Crippen LogP contribution in [0.25, 0.3) is 0 Å². The van der Waals surface area contributed by atoms with Crippen LogP contribution in [0.15, 0.2) is 37.0 Å². The molecule has 0 heterocycles. The molecule has 0 aliphatic heterocycles. The van der Waals surface area contributed by atoms with Crippen molar-refractivity contribution in [1.29, 1.82) is 0 Å². The van der Waals surface area contributed by atoms with Gasteiger partial charge in [-0.05, 0) is 13.3 Å². The molecule has 0 aromatic rings. The molecule has 0 aromatic heterocycles. The van der Waals surface area contributed by atoms with Crippen LogP contribution < -0.4 is 5.73 Å². The van der Waals surface area contributed by atoms with E-state index >= 15 is 0 Å². The molecule has 0 saturated carbocycles. The Hall–Kier alpha value is -0.820. The van der Waals surface area contributed by atoms with E-state index in [1.54, 1.807) is 6.08 Å². The normalized spacial score (nSPS) is 13.4. The van der Waals surface area contributed by atoms with Crippen LogP contribution in [0.5, 0.6) is 0 Å². The molecule has 0 bridgehead atoms. The van der Waals surface area contributed by atoms with Crippen LogP contribution in [0.2, 0.25) is 0 Å². The van der Waals surface area contributed by atoms with Crippen molar-refractivity contribution in [3.63, 3.8) is 0 Å². The molecule has 0 aliphatic carbocycles. The fraction of sp³-hybridized carbons (Fsp3) is 0.333. The van der Waals surface area contributed by atoms with Crippen LogP contribution in [-0.2, 0) is 0 Å². The molecule has 1 nitrogen and oxygen atoms in total. The van der Waals surface area contributed by atoms with Crippen LogP contribution >= 0.6 is 0 Å². The first-order valence-corrected chi connectivity index (χ1v) is 3.39. The third-order valence-corrected chi connectivity index (χ3v) is 1.05. The van der Waals surface area contributed by atoms with Gasteiger partial charge in [0.2, 0.25) is 0 Å². The average molecular weight is 137 g/mol. The van der Waals surface area contributed by atoms with Gasteiger partial charge in [-0.15, -0.1) is 0 Å². The molecule has 1 unspecified atom stereocenters. The summed E-state index contributed by atoms with van der Waals surface area (Å²) in [6.07, 6.45) is 6.37. The molecule has 0 spiro atoms. The van der Waals surface area contributed by atoms with E-state index in [0.717, 1.165) is 12.0 Å². The predicted octanol–water partition coefficient (Wildman–Crippen LogP) is 2.02. The Morgan fingerprint density at radius 3 is 2.70 bits per heavy atom. The van der Waals surface area contributed by atoms with Crippen molar-refractivity contribution in [2.24, 2.45) is 5.73 Å². The third kappa shape index (κ3) is 5.32. The Morgan fingerprint density at radius 2 is 2.30 bits per heavy atom. The zero-order chi connectivity index (χ0) is 7.98. The second-order valence-corrected chi connectivity index (χ2v) is 2.43. The van der Waals surface area contributed by atoms with E-state index in [4.69, 9.17) is 5.73 Å². The minimum atomic E-state index is 0.196. The number of rotatable bonds is 4. The van der Waals surface area contributed by atoms with E-state index < -0.39 is 0 Å². The SMILES string of the molecule is C=C/C=C\C(=C)CC(C)N. The zero-order valence-electron chi connectivity index (χ0n) is 6.51. The number of hydrogen-bond acceptors (Lipinski definition) is 1. The van der Waals surface area contributed by atoms with E-state index in [1.165, 1.54) is 0 Å². The van der Waals surface area contributed by atoms with Gasteiger partial charge < -0.3 is 5.73 Å². The molecule has 0 aliphatic rings. The van der Waals surface area contributed by atoms with E-state index in [1.807, 2.05) is 19.1 Å². The highest BCUT2D eigenvalue weighted by molar-refractivity contribution is 5.18. The van der Waals surface area contributed by atoms with Gasteiger partial charge >= 0.3 is 0 Å². The average Bonchev–Trinajstić information content (AvgIpc) is 1.82. The quantitative estimate of drug-likeness (QED) is 0.589. The van der Waals surface area contributed by atoms with Gasteiger partial charge in [-0.1, -0.05) is 37.0 Å². The third-order valence-electron chi connectivity index (χ3n) is 1.05. The van der Waals surface area contributed by atoms with Crippen molar-refractivity contribution >= 4 is 0 Å². The molecule has 0 amide bonds. The van der Waals surface area contributed by atoms with E-state index in [0.29, 0.717) is 0 Å². The molecular formula is C9H15N. The Bertz CT molecular complexity index is 143. The molecule has 56 valence electrons. The molecular weight excluding hydrogens is 122 g/mol. The van der Waals surface area contributed by atoms with Gasteiger partial charge in [0.05, 0.1) is 0 Å². The van der Waals surface area contributed by atoms with Gasteiger partial charge in [0.25, 0.3) is 0 Å². The van der Waals surface area contributed by atoms with Crippen LogP contribution in [0.4, 0.5) is 0 Å². The second kappa shape index (κ2) is 5.00. The van der Waals surface area contributed by atoms with Crippen LogP contribution in [0, 0.1) is 0 Å². The summed E-state index contributed by atoms with van der Waals surface area (Å²) in [6.45, 7) is 9.34. The molecule has 0 radical (unpaired) electrons. The molecule has 2 N–H and O–H groups in total. The van der Waals surface area contributed by atoms with Crippen LogP contribution in [-0.4, -0.2) is 6.04 Å². The summed E-state index contributed by atoms with van der Waals surface area (Å²) in [4.78, 5) is 0. The minimum Gasteiger partial charge on any atom is -0.328 e. The van der Waals surface area contributed by atoms with Gasteiger partial charge in [-0.3, -0.25) is 0 Å². The van der Waals surface area contributed by atoms with Gasteiger partial charge in [0.15, 0.2) is 0 Å². The fourth-order valence-corrected chi connectivity index (χ4v) is 0.686. The monoisotopic (exact) mass is 137 g/mol. The van der Waals surface area contributed by atoms with E-state index in [-0.39, 0.29) is 6.04 Å². The summed E-state index contributed by atoms with van der Waals surface area (Å²) in [5.41, 5.74) is 6.60. The Morgan fingerprint density at radius 1 is 1.70 bits per heavy atom. The predicted molar refractivity (Wildman–Crippen MR) is 46.7 cm³/mol. The van der Waals surface area contributed by atoms with Gasteiger partial charge in [-0.2, -0.15) is 0 Å². The first-order valence-electron chi connectivity index (χ1n) is 3.39. The Labute approximate surface area is 62.9 Å². The number of hydrogen-bond donors (Lipinski definition) is 1. The van der Waals surface area contributed by atoms with Gasteiger partial charge in [0.1, 0.15) is 0 Å². The van der Waals surface area contributed by atoms with Gasteiger partial charge in [-0.25, -0.2) is 0 Å². The molecule has 0 saturated heterocycles. The summed E-state index contributed by atoms with van der Waals surface area (Å²) in [6, 6.07) is 0.196. The molecule has 10 heavy (non-hydrogen) atoms. The second-order valence-electron chi connectivity index (χ2n) is 2.43. The summed E-state index contributed by atoms with van der Waals surface area (Å²) >= 11 is 0. The molecule has 1 atom stereocenters. The van der Waals surface area contributed by atoms with E-state index in [2.05, 4.69) is 13.2 Å². The largest absolute Gasteiger partial charge is 0.328 e. The molecule has 0 rings (SSSR count). The standard InChI is InChI=1S/C9H15N/c1-4-5-6-8(2)7-9(3)10/h4-6,9H,1-2,7,10H2,3H3/b6-5-. The molecule has 0 aromatic carbocycles. The Balaban J connectivity index is 3.64. The lowest BCUT2D eigenvalue weighted by atomic mass is 10.1. The van der Waals surface area contributed by atoms with Crippen molar-refractivity contribution in [3.8, 4) is 0 Å². The van der Waals surface area contributed by atoms with E-state index in [9.17, 15) is 0 Å². The van der Waals surface area contributed by atoms with Gasteiger partial charge in [0, 0.05) is 6.04 Å². The van der Waals surface area contributed by atoms with Crippen molar-refractivity contribution in [2.75, 3.05) is 0 Å². The maximum atomic E-state index is 5.54. The molecule has 0 fully saturated rings. The first-order chi connectivity index (χ1) is 4.66. The lowest BCUT2D eigenvalue weighted by Gasteiger charge is -2.02. The highest BCUT2D eigenvalue weighted by atomic mass is 14.6. The van der Waals surface area contributed by atoms with Crippen molar-refractivity contribution in [1.82, 2.24) is 0 Å². The lowest BCUT2D eigenvalue weighted by molar-refractivity contribution is 0.742. The van der Waals surface area contributed by atoms with Crippen molar-refractivity contribution in [2.45, 2.75) is 19.4 Å². The molecule has 1 heteroatoms. The summed E-state index contributed by atoms with van der Waals surface area (Å²) in [7, 11) is 0.